The molecule has 1 N–H and O–H groups in total. The summed E-state index contributed by atoms with van der Waals surface area (Å²) in [5.41, 5.74) is 1.29. The Balaban J connectivity index is 2.81. The molecule has 0 bridgehead atoms. The lowest BCUT2D eigenvalue weighted by Crippen LogP contribution is -2.08. The molecule has 0 aliphatic rings. The zero-order chi connectivity index (χ0) is 7.56. The molecule has 0 aliphatic carbocycles. The number of nitrogens with zero attached hydrogens (tertiary/aromatic N) is 1. The lowest BCUT2D eigenvalue weighted by molar-refractivity contribution is 0.734. The molecule has 1 aromatic rings. The van der Waals surface area contributed by atoms with Crippen LogP contribution in [0, 0.1) is 0 Å². The molecule has 3 heteroatoms. The lowest BCUT2D eigenvalue weighted by atomic mass is 10.4. The van der Waals surface area contributed by atoms with Crippen LogP contribution in [0.5, 0.6) is 0 Å². The molecule has 0 radical (unpaired) electrons. The van der Waals surface area contributed by atoms with E-state index in [-0.39, 0.29) is 0 Å². The molecule has 0 amide bonds. The van der Waals surface area contributed by atoms with Gasteiger partial charge in [0, 0.05) is 30.0 Å². The van der Waals surface area contributed by atoms with Crippen LogP contribution in [-0.2, 0) is 13.6 Å². The number of nitrogens with one attached hydrogen (secondary N) is 1. The fourth-order valence-electron chi connectivity index (χ4n) is 0.923. The largest absolute Gasteiger partial charge is 0.352 e. The van der Waals surface area contributed by atoms with Crippen LogP contribution >= 0.6 is 15.9 Å². The first kappa shape index (κ1) is 7.82. The third-order valence-corrected chi connectivity index (χ3v) is 1.87. The second kappa shape index (κ2) is 3.21. The van der Waals surface area contributed by atoms with Crippen LogP contribution in [0.2, 0.25) is 0 Å². The van der Waals surface area contributed by atoms with Crippen molar-refractivity contribution < 1.29 is 0 Å². The van der Waals surface area contributed by atoms with Gasteiger partial charge in [0.25, 0.3) is 0 Å². The Labute approximate surface area is 69.4 Å². The van der Waals surface area contributed by atoms with E-state index in [4.69, 9.17) is 0 Å². The van der Waals surface area contributed by atoms with Crippen LogP contribution in [-0.4, -0.2) is 11.6 Å². The van der Waals surface area contributed by atoms with Gasteiger partial charge in [-0.1, -0.05) is 0 Å². The molecule has 0 fully saturated rings. The molecule has 0 saturated carbocycles. The van der Waals surface area contributed by atoms with E-state index < -0.39 is 0 Å². The third kappa shape index (κ3) is 1.61. The van der Waals surface area contributed by atoms with Gasteiger partial charge in [0.15, 0.2) is 0 Å². The van der Waals surface area contributed by atoms with Crippen molar-refractivity contribution in [2.24, 2.45) is 7.05 Å². The van der Waals surface area contributed by atoms with E-state index in [0.29, 0.717) is 0 Å². The van der Waals surface area contributed by atoms with E-state index in [1.165, 1.54) is 5.69 Å². The molecular formula is C7H11BrN2. The second-order valence-electron chi connectivity index (χ2n) is 2.29. The predicted molar refractivity (Wildman–Crippen MR) is 45.9 cm³/mol. The number of rotatable bonds is 2. The van der Waals surface area contributed by atoms with E-state index in [1.807, 2.05) is 20.3 Å². The SMILES string of the molecule is CNCc1cc(Br)cn1C. The van der Waals surface area contributed by atoms with Crippen LogP contribution in [0.3, 0.4) is 0 Å². The third-order valence-electron chi connectivity index (χ3n) is 1.43. The maximum Gasteiger partial charge on any atom is 0.0357 e. The predicted octanol–water partition coefficient (Wildman–Crippen LogP) is 1.51. The highest BCUT2D eigenvalue weighted by Crippen LogP contribution is 2.12. The minimum atomic E-state index is 0.919. The van der Waals surface area contributed by atoms with Crippen molar-refractivity contribution >= 4 is 15.9 Å². The smallest absolute Gasteiger partial charge is 0.0357 e. The first-order chi connectivity index (χ1) is 4.74. The Morgan fingerprint density at radius 1 is 1.70 bits per heavy atom. The van der Waals surface area contributed by atoms with Crippen molar-refractivity contribution in [2.75, 3.05) is 7.05 Å². The van der Waals surface area contributed by atoms with E-state index in [2.05, 4.69) is 31.9 Å². The first-order valence-corrected chi connectivity index (χ1v) is 3.98. The molecular weight excluding hydrogens is 192 g/mol. The summed E-state index contributed by atoms with van der Waals surface area (Å²) in [7, 11) is 3.98. The summed E-state index contributed by atoms with van der Waals surface area (Å²) in [6, 6.07) is 2.11. The van der Waals surface area contributed by atoms with E-state index in [1.54, 1.807) is 0 Å². The number of halogens is 1. The highest BCUT2D eigenvalue weighted by molar-refractivity contribution is 9.10. The molecule has 0 spiro atoms. The van der Waals surface area contributed by atoms with Gasteiger partial charge in [-0.15, -0.1) is 0 Å². The topological polar surface area (TPSA) is 17.0 Å². The summed E-state index contributed by atoms with van der Waals surface area (Å²) >= 11 is 3.40. The monoisotopic (exact) mass is 202 g/mol. The minimum absolute atomic E-state index is 0.919. The molecule has 0 unspecified atom stereocenters. The number of aromatic nitrogens is 1. The van der Waals surface area contributed by atoms with Gasteiger partial charge >= 0.3 is 0 Å². The number of hydrogen-bond acceptors (Lipinski definition) is 1. The van der Waals surface area contributed by atoms with E-state index >= 15 is 0 Å². The lowest BCUT2D eigenvalue weighted by Gasteiger charge is -1.99. The van der Waals surface area contributed by atoms with Gasteiger partial charge in [-0.2, -0.15) is 0 Å². The number of aryl methyl sites for hydroxylation is 1. The van der Waals surface area contributed by atoms with Crippen molar-refractivity contribution in [1.29, 1.82) is 0 Å². The van der Waals surface area contributed by atoms with Gasteiger partial charge in [0.2, 0.25) is 0 Å². The standard InChI is InChI=1S/C7H11BrN2/c1-9-4-7-3-6(8)5-10(7)2/h3,5,9H,4H2,1-2H3. The molecule has 1 aromatic heterocycles. The Bertz CT molecular complexity index is 217. The number of hydrogen-bond donors (Lipinski definition) is 1. The summed E-state index contributed by atoms with van der Waals surface area (Å²) in [4.78, 5) is 0. The summed E-state index contributed by atoms with van der Waals surface area (Å²) in [5, 5.41) is 3.10. The fraction of sp³-hybridized carbons (Fsp3) is 0.429. The molecule has 0 aliphatic heterocycles. The van der Waals surface area contributed by atoms with Crippen molar-refractivity contribution in [3.05, 3.63) is 22.4 Å². The molecule has 0 atom stereocenters. The van der Waals surface area contributed by atoms with Gasteiger partial charge in [0.05, 0.1) is 0 Å². The molecule has 56 valence electrons. The molecule has 10 heavy (non-hydrogen) atoms. The molecule has 1 heterocycles. The highest BCUT2D eigenvalue weighted by atomic mass is 79.9. The fourth-order valence-corrected chi connectivity index (χ4v) is 1.49. The molecule has 0 saturated heterocycles. The van der Waals surface area contributed by atoms with Gasteiger partial charge < -0.3 is 9.88 Å². The Morgan fingerprint density at radius 2 is 2.40 bits per heavy atom. The highest BCUT2D eigenvalue weighted by Gasteiger charge is 1.97. The Morgan fingerprint density at radius 3 is 2.80 bits per heavy atom. The average Bonchev–Trinajstić information content (AvgIpc) is 2.13. The average molecular weight is 203 g/mol. The minimum Gasteiger partial charge on any atom is -0.352 e. The maximum absolute atomic E-state index is 3.40. The van der Waals surface area contributed by atoms with Gasteiger partial charge in [-0.3, -0.25) is 0 Å². The summed E-state index contributed by atoms with van der Waals surface area (Å²) in [6.07, 6.45) is 2.05. The van der Waals surface area contributed by atoms with E-state index in [9.17, 15) is 0 Å². The van der Waals surface area contributed by atoms with Crippen molar-refractivity contribution in [1.82, 2.24) is 9.88 Å². The molecule has 0 aromatic carbocycles. The Kier molecular flexibility index (Phi) is 2.51. The van der Waals surface area contributed by atoms with Crippen molar-refractivity contribution in [3.63, 3.8) is 0 Å². The van der Waals surface area contributed by atoms with Crippen LogP contribution < -0.4 is 5.32 Å². The Hall–Kier alpha value is -0.280. The zero-order valence-electron chi connectivity index (χ0n) is 6.19. The van der Waals surface area contributed by atoms with Crippen molar-refractivity contribution in [3.8, 4) is 0 Å². The summed E-state index contributed by atoms with van der Waals surface area (Å²) in [6.45, 7) is 0.919. The second-order valence-corrected chi connectivity index (χ2v) is 3.21. The quantitative estimate of drug-likeness (QED) is 0.770. The van der Waals surface area contributed by atoms with Crippen molar-refractivity contribution in [2.45, 2.75) is 6.54 Å². The van der Waals surface area contributed by atoms with Gasteiger partial charge in [0.1, 0.15) is 0 Å². The van der Waals surface area contributed by atoms with Gasteiger partial charge in [-0.25, -0.2) is 0 Å². The van der Waals surface area contributed by atoms with Crippen LogP contribution in [0.25, 0.3) is 0 Å². The zero-order valence-corrected chi connectivity index (χ0v) is 7.77. The normalized spacial score (nSPS) is 10.3. The molecule has 2 nitrogen and oxygen atoms in total. The molecule has 1 rings (SSSR count). The van der Waals surface area contributed by atoms with Gasteiger partial charge in [-0.05, 0) is 29.0 Å². The maximum atomic E-state index is 3.40. The van der Waals surface area contributed by atoms with Crippen LogP contribution in [0.1, 0.15) is 5.69 Å². The van der Waals surface area contributed by atoms with E-state index in [0.717, 1.165) is 11.0 Å². The summed E-state index contributed by atoms with van der Waals surface area (Å²) < 4.78 is 3.24. The van der Waals surface area contributed by atoms with Crippen LogP contribution in [0.15, 0.2) is 16.7 Å². The summed E-state index contributed by atoms with van der Waals surface area (Å²) in [5.74, 6) is 0. The first-order valence-electron chi connectivity index (χ1n) is 3.19. The van der Waals surface area contributed by atoms with Crippen LogP contribution in [0.4, 0.5) is 0 Å².